The van der Waals surface area contributed by atoms with Crippen LogP contribution < -0.4 is 11.2 Å². The van der Waals surface area contributed by atoms with Gasteiger partial charge in [-0.15, -0.1) is 0 Å². The summed E-state index contributed by atoms with van der Waals surface area (Å²) >= 11 is 0. The first-order chi connectivity index (χ1) is 17.8. The van der Waals surface area contributed by atoms with Gasteiger partial charge in [0.05, 0.1) is 19.0 Å². The van der Waals surface area contributed by atoms with E-state index in [2.05, 4.69) is 0 Å². The third kappa shape index (κ3) is 4.26. The molecule has 192 valence electrons. The standard InChI is InChI=1S/C29H29NO7/c1-3-4-7-17-13-24(33)37-28-19(17)14-22(31)27(34)25(28)20(15-23(32)36-2)21-12-18-9-5-8-16-10-6-11-30(26(16)18)29(21)35/h5,8-9,12-14,20,31,34H,3-4,6-7,10-11,15H2,1-2H3. The number of esters is 1. The van der Waals surface area contributed by atoms with E-state index in [0.29, 0.717) is 23.9 Å². The first-order valence-corrected chi connectivity index (χ1v) is 12.6. The number of rotatable bonds is 7. The molecule has 37 heavy (non-hydrogen) atoms. The molecule has 0 fully saturated rings. The van der Waals surface area contributed by atoms with Crippen molar-refractivity contribution in [1.29, 1.82) is 0 Å². The van der Waals surface area contributed by atoms with Crippen molar-refractivity contribution in [2.45, 2.75) is 57.9 Å². The number of carbonyl (C=O) groups is 1. The number of para-hydroxylation sites is 1. The van der Waals surface area contributed by atoms with E-state index in [1.165, 1.54) is 19.2 Å². The number of hydrogen-bond donors (Lipinski definition) is 2. The first-order valence-electron chi connectivity index (χ1n) is 12.6. The Bertz CT molecular complexity index is 1650. The second kappa shape index (κ2) is 9.76. The number of fused-ring (bicyclic) bond motifs is 1. The molecule has 0 saturated carbocycles. The number of methoxy groups -OCH3 is 1. The molecular formula is C29H29NO7. The summed E-state index contributed by atoms with van der Waals surface area (Å²) in [5, 5.41) is 23.1. The second-order valence-electron chi connectivity index (χ2n) is 9.58. The summed E-state index contributed by atoms with van der Waals surface area (Å²) in [6.07, 6.45) is 3.63. The van der Waals surface area contributed by atoms with Crippen LogP contribution >= 0.6 is 0 Å². The molecule has 8 nitrogen and oxygen atoms in total. The van der Waals surface area contributed by atoms with Crippen LogP contribution in [0.15, 0.2) is 50.4 Å². The third-order valence-corrected chi connectivity index (χ3v) is 7.28. The molecule has 2 aromatic heterocycles. The number of aromatic hydroxyl groups is 2. The first kappa shape index (κ1) is 24.6. The molecule has 3 heterocycles. The summed E-state index contributed by atoms with van der Waals surface area (Å²) in [5.74, 6) is -2.60. The van der Waals surface area contributed by atoms with Gasteiger partial charge in [-0.2, -0.15) is 0 Å². The number of ether oxygens (including phenoxy) is 1. The van der Waals surface area contributed by atoms with Gasteiger partial charge in [-0.3, -0.25) is 9.59 Å². The predicted octanol–water partition coefficient (Wildman–Crippen LogP) is 4.50. The predicted molar refractivity (Wildman–Crippen MR) is 139 cm³/mol. The second-order valence-corrected chi connectivity index (χ2v) is 9.58. The Morgan fingerprint density at radius 3 is 2.76 bits per heavy atom. The van der Waals surface area contributed by atoms with Crippen LogP contribution in [0.5, 0.6) is 11.5 Å². The van der Waals surface area contributed by atoms with Crippen molar-refractivity contribution in [3.8, 4) is 11.5 Å². The highest BCUT2D eigenvalue weighted by atomic mass is 16.5. The fraction of sp³-hybridized carbons (Fsp3) is 0.345. The number of nitrogens with zero attached hydrogens (tertiary/aromatic N) is 1. The smallest absolute Gasteiger partial charge is 0.336 e. The molecule has 4 aromatic rings. The summed E-state index contributed by atoms with van der Waals surface area (Å²) in [6.45, 7) is 2.55. The van der Waals surface area contributed by atoms with Crippen LogP contribution in [0.3, 0.4) is 0 Å². The van der Waals surface area contributed by atoms with E-state index >= 15 is 0 Å². The van der Waals surface area contributed by atoms with Crippen LogP contribution in [0.1, 0.15) is 60.8 Å². The van der Waals surface area contributed by atoms with Crippen molar-refractivity contribution < 1.29 is 24.2 Å². The molecular weight excluding hydrogens is 474 g/mol. The fourth-order valence-electron chi connectivity index (χ4n) is 5.51. The molecule has 8 heteroatoms. The van der Waals surface area contributed by atoms with Gasteiger partial charge in [-0.25, -0.2) is 4.79 Å². The average Bonchev–Trinajstić information content (AvgIpc) is 2.89. The van der Waals surface area contributed by atoms with E-state index in [4.69, 9.17) is 9.15 Å². The topological polar surface area (TPSA) is 119 Å². The normalized spacial score (nSPS) is 13.7. The van der Waals surface area contributed by atoms with Gasteiger partial charge in [-0.05, 0) is 54.3 Å². The lowest BCUT2D eigenvalue weighted by Crippen LogP contribution is -2.30. The van der Waals surface area contributed by atoms with Gasteiger partial charge in [-0.1, -0.05) is 31.5 Å². The summed E-state index contributed by atoms with van der Waals surface area (Å²) in [7, 11) is 1.24. The summed E-state index contributed by atoms with van der Waals surface area (Å²) in [5.41, 5.74) is 2.01. The van der Waals surface area contributed by atoms with Crippen molar-refractivity contribution in [3.05, 3.63) is 79.4 Å². The minimum absolute atomic E-state index is 0.0204. The molecule has 2 aromatic carbocycles. The lowest BCUT2D eigenvalue weighted by molar-refractivity contribution is -0.140. The molecule has 5 rings (SSSR count). The molecule has 0 spiro atoms. The van der Waals surface area contributed by atoms with E-state index in [-0.39, 0.29) is 28.7 Å². The number of aromatic nitrogens is 1. The van der Waals surface area contributed by atoms with Crippen LogP contribution in [0.2, 0.25) is 0 Å². The Kier molecular flexibility index (Phi) is 6.50. The van der Waals surface area contributed by atoms with E-state index in [1.54, 1.807) is 10.6 Å². The number of aryl methyl sites for hydroxylation is 3. The lowest BCUT2D eigenvalue weighted by Gasteiger charge is -2.24. The van der Waals surface area contributed by atoms with E-state index < -0.39 is 29.0 Å². The van der Waals surface area contributed by atoms with Crippen molar-refractivity contribution in [2.75, 3.05) is 7.11 Å². The molecule has 0 radical (unpaired) electrons. The maximum Gasteiger partial charge on any atom is 0.336 e. The molecule has 0 amide bonds. The van der Waals surface area contributed by atoms with Crippen LogP contribution in [0.4, 0.5) is 0 Å². The maximum absolute atomic E-state index is 13.9. The number of phenolic OH excluding ortho intramolecular Hbond substituents is 2. The van der Waals surface area contributed by atoms with Gasteiger partial charge < -0.3 is 23.9 Å². The molecule has 0 aliphatic carbocycles. The SMILES string of the molecule is CCCCc1cc(=O)oc2c(C(CC(=O)OC)c3cc4cccc5c4n(c3=O)CCC5)c(O)c(O)cc12. The summed E-state index contributed by atoms with van der Waals surface area (Å²) in [6, 6.07) is 10.3. The molecule has 0 bridgehead atoms. The van der Waals surface area contributed by atoms with Gasteiger partial charge in [0.1, 0.15) is 5.58 Å². The molecule has 0 saturated heterocycles. The average molecular weight is 504 g/mol. The van der Waals surface area contributed by atoms with Crippen LogP contribution in [0, 0.1) is 0 Å². The number of carbonyl (C=O) groups excluding carboxylic acids is 1. The molecule has 1 atom stereocenters. The van der Waals surface area contributed by atoms with Crippen molar-refractivity contribution in [3.63, 3.8) is 0 Å². The Morgan fingerprint density at radius 1 is 1.19 bits per heavy atom. The number of hydrogen-bond acceptors (Lipinski definition) is 7. The minimum atomic E-state index is -1.03. The Hall–Kier alpha value is -4.07. The molecule has 1 unspecified atom stereocenters. The summed E-state index contributed by atoms with van der Waals surface area (Å²) in [4.78, 5) is 39.0. The number of unbranched alkanes of at least 4 members (excludes halogenated alkanes) is 1. The van der Waals surface area contributed by atoms with Crippen molar-refractivity contribution in [2.24, 2.45) is 0 Å². The number of phenols is 2. The zero-order chi connectivity index (χ0) is 26.3. The van der Waals surface area contributed by atoms with Crippen molar-refractivity contribution >= 4 is 27.8 Å². The van der Waals surface area contributed by atoms with Crippen LogP contribution in [-0.4, -0.2) is 27.9 Å². The highest BCUT2D eigenvalue weighted by Crippen LogP contribution is 2.44. The van der Waals surface area contributed by atoms with E-state index in [0.717, 1.165) is 42.1 Å². The fourth-order valence-corrected chi connectivity index (χ4v) is 5.51. The summed E-state index contributed by atoms with van der Waals surface area (Å²) < 4.78 is 12.2. The highest BCUT2D eigenvalue weighted by molar-refractivity contribution is 5.90. The Labute approximate surface area is 212 Å². The minimum Gasteiger partial charge on any atom is -0.504 e. The molecule has 2 N–H and O–H groups in total. The highest BCUT2D eigenvalue weighted by Gasteiger charge is 2.31. The zero-order valence-electron chi connectivity index (χ0n) is 20.9. The van der Waals surface area contributed by atoms with Gasteiger partial charge in [0.2, 0.25) is 0 Å². The van der Waals surface area contributed by atoms with Gasteiger partial charge in [0, 0.05) is 35.0 Å². The third-order valence-electron chi connectivity index (χ3n) is 7.28. The molecule has 1 aliphatic heterocycles. The Balaban J connectivity index is 1.85. The van der Waals surface area contributed by atoms with E-state index in [9.17, 15) is 24.6 Å². The van der Waals surface area contributed by atoms with Gasteiger partial charge in [0.25, 0.3) is 5.56 Å². The quantitative estimate of drug-likeness (QED) is 0.216. The maximum atomic E-state index is 13.9. The Morgan fingerprint density at radius 2 is 2.00 bits per heavy atom. The van der Waals surface area contributed by atoms with Gasteiger partial charge >= 0.3 is 11.6 Å². The zero-order valence-corrected chi connectivity index (χ0v) is 20.9. The van der Waals surface area contributed by atoms with E-state index in [1.807, 2.05) is 25.1 Å². The number of pyridine rings is 1. The van der Waals surface area contributed by atoms with Crippen LogP contribution in [0.25, 0.3) is 21.9 Å². The largest absolute Gasteiger partial charge is 0.504 e. The molecule has 1 aliphatic rings. The lowest BCUT2D eigenvalue weighted by atomic mass is 9.85. The van der Waals surface area contributed by atoms with Crippen molar-refractivity contribution in [1.82, 2.24) is 4.57 Å². The monoisotopic (exact) mass is 503 g/mol. The van der Waals surface area contributed by atoms with Gasteiger partial charge in [0.15, 0.2) is 11.5 Å². The van der Waals surface area contributed by atoms with Crippen LogP contribution in [-0.2, 0) is 28.9 Å². The number of benzene rings is 2.